The lowest BCUT2D eigenvalue weighted by Crippen LogP contribution is -2.24. The molecule has 0 bridgehead atoms. The van der Waals surface area contributed by atoms with Gasteiger partial charge < -0.3 is 4.74 Å². The number of nitrogens with zero attached hydrogens (tertiary/aromatic N) is 2. The Morgan fingerprint density at radius 2 is 2.00 bits per heavy atom. The number of hydrogen-bond acceptors (Lipinski definition) is 5. The summed E-state index contributed by atoms with van der Waals surface area (Å²) in [6.45, 7) is 9.85. The van der Waals surface area contributed by atoms with Crippen molar-refractivity contribution in [3.05, 3.63) is 56.4 Å². The topological polar surface area (TPSA) is 44.1 Å². The second kappa shape index (κ2) is 9.20. The molecular formula is C21H25FN2O2S2. The van der Waals surface area contributed by atoms with Crippen LogP contribution in [0.1, 0.15) is 41.5 Å². The van der Waals surface area contributed by atoms with Gasteiger partial charge in [-0.15, -0.1) is 11.3 Å². The largest absolute Gasteiger partial charge is 0.382 e. The third-order valence-corrected chi connectivity index (χ3v) is 7.00. The van der Waals surface area contributed by atoms with Crippen LogP contribution in [-0.4, -0.2) is 22.8 Å². The fourth-order valence-corrected chi connectivity index (χ4v) is 5.16. The molecule has 2 aromatic heterocycles. The molecule has 0 radical (unpaired) electrons. The van der Waals surface area contributed by atoms with E-state index in [4.69, 9.17) is 9.72 Å². The summed E-state index contributed by atoms with van der Waals surface area (Å²) >= 11 is 3.09. The molecule has 150 valence electrons. The Kier molecular flexibility index (Phi) is 6.91. The smallest absolute Gasteiger partial charge is 0.263 e. The highest BCUT2D eigenvalue weighted by Crippen LogP contribution is 2.35. The maximum atomic E-state index is 13.2. The molecule has 7 heteroatoms. The molecule has 1 aromatic carbocycles. The molecule has 3 rings (SSSR count). The van der Waals surface area contributed by atoms with E-state index in [1.54, 1.807) is 28.0 Å². The van der Waals surface area contributed by atoms with Crippen molar-refractivity contribution in [1.82, 2.24) is 9.55 Å². The second-order valence-electron chi connectivity index (χ2n) is 6.68. The molecule has 0 saturated carbocycles. The van der Waals surface area contributed by atoms with Crippen molar-refractivity contribution in [3.63, 3.8) is 0 Å². The van der Waals surface area contributed by atoms with Crippen LogP contribution in [0.15, 0.2) is 34.2 Å². The first-order valence-corrected chi connectivity index (χ1v) is 11.1. The molecule has 0 fully saturated rings. The van der Waals surface area contributed by atoms with Crippen molar-refractivity contribution in [2.24, 2.45) is 0 Å². The quantitative estimate of drug-likeness (QED) is 0.274. The molecule has 0 amide bonds. The first-order valence-electron chi connectivity index (χ1n) is 9.42. The second-order valence-corrected chi connectivity index (χ2v) is 9.19. The number of rotatable bonds is 8. The number of halogens is 1. The van der Waals surface area contributed by atoms with Crippen LogP contribution in [-0.2, 0) is 11.3 Å². The Balaban J connectivity index is 1.98. The fraction of sp³-hybridized carbons (Fsp3) is 0.429. The van der Waals surface area contributed by atoms with Crippen LogP contribution in [0.4, 0.5) is 4.39 Å². The van der Waals surface area contributed by atoms with Crippen LogP contribution in [0.25, 0.3) is 10.2 Å². The van der Waals surface area contributed by atoms with Gasteiger partial charge in [0.2, 0.25) is 0 Å². The van der Waals surface area contributed by atoms with E-state index in [2.05, 4.69) is 0 Å². The highest BCUT2D eigenvalue weighted by Gasteiger charge is 2.19. The first-order chi connectivity index (χ1) is 13.4. The molecular weight excluding hydrogens is 395 g/mol. The van der Waals surface area contributed by atoms with E-state index < -0.39 is 0 Å². The molecule has 0 unspecified atom stereocenters. The Labute approximate surface area is 172 Å². The summed E-state index contributed by atoms with van der Waals surface area (Å²) in [4.78, 5) is 20.0. The average molecular weight is 421 g/mol. The Hall–Kier alpha value is -1.70. The van der Waals surface area contributed by atoms with Crippen LogP contribution in [0.3, 0.4) is 0 Å². The van der Waals surface area contributed by atoms with Gasteiger partial charge in [0.1, 0.15) is 10.6 Å². The maximum Gasteiger partial charge on any atom is 0.263 e. The SMILES string of the molecule is CCOCCCn1c(S[C@@H](C)c2ccc(F)cc2)nc2sc(C)c(C)c2c1=O. The van der Waals surface area contributed by atoms with Gasteiger partial charge in [-0.1, -0.05) is 23.9 Å². The van der Waals surface area contributed by atoms with Gasteiger partial charge in [0.05, 0.1) is 5.39 Å². The number of benzene rings is 1. The van der Waals surface area contributed by atoms with Gasteiger partial charge in [0.25, 0.3) is 5.56 Å². The Morgan fingerprint density at radius 1 is 1.29 bits per heavy atom. The van der Waals surface area contributed by atoms with Crippen molar-refractivity contribution in [3.8, 4) is 0 Å². The van der Waals surface area contributed by atoms with Gasteiger partial charge in [0, 0.05) is 29.9 Å². The third-order valence-electron chi connectivity index (χ3n) is 4.75. The molecule has 0 aliphatic heterocycles. The Bertz CT molecular complexity index is 1010. The molecule has 0 N–H and O–H groups in total. The summed E-state index contributed by atoms with van der Waals surface area (Å²) in [5.74, 6) is -0.252. The van der Waals surface area contributed by atoms with Crippen LogP contribution in [0.2, 0.25) is 0 Å². The van der Waals surface area contributed by atoms with E-state index in [9.17, 15) is 9.18 Å². The lowest BCUT2D eigenvalue weighted by molar-refractivity contribution is 0.140. The van der Waals surface area contributed by atoms with E-state index >= 15 is 0 Å². The number of aromatic nitrogens is 2. The predicted molar refractivity (Wildman–Crippen MR) is 115 cm³/mol. The molecule has 28 heavy (non-hydrogen) atoms. The van der Waals surface area contributed by atoms with Gasteiger partial charge >= 0.3 is 0 Å². The summed E-state index contributed by atoms with van der Waals surface area (Å²) < 4.78 is 20.4. The number of ether oxygens (including phenoxy) is 1. The summed E-state index contributed by atoms with van der Waals surface area (Å²) in [5.41, 5.74) is 2.02. The molecule has 0 saturated heterocycles. The summed E-state index contributed by atoms with van der Waals surface area (Å²) in [7, 11) is 0. The number of aryl methyl sites for hydroxylation is 2. The van der Waals surface area contributed by atoms with E-state index in [1.165, 1.54) is 23.9 Å². The lowest BCUT2D eigenvalue weighted by atomic mass is 10.2. The monoisotopic (exact) mass is 420 g/mol. The molecule has 0 aliphatic rings. The van der Waals surface area contributed by atoms with Crippen molar-refractivity contribution >= 4 is 33.3 Å². The van der Waals surface area contributed by atoms with E-state index in [-0.39, 0.29) is 16.6 Å². The summed E-state index contributed by atoms with van der Waals surface area (Å²) in [6, 6.07) is 6.49. The predicted octanol–water partition coefficient (Wildman–Crippen LogP) is 5.49. The third kappa shape index (κ3) is 4.47. The summed E-state index contributed by atoms with van der Waals surface area (Å²) in [6.07, 6.45) is 0.752. The van der Waals surface area contributed by atoms with Gasteiger partial charge in [0.15, 0.2) is 5.16 Å². The molecule has 4 nitrogen and oxygen atoms in total. The highest BCUT2D eigenvalue weighted by atomic mass is 32.2. The number of hydrogen-bond donors (Lipinski definition) is 0. The van der Waals surface area contributed by atoms with Crippen molar-refractivity contribution < 1.29 is 9.13 Å². The van der Waals surface area contributed by atoms with E-state index in [0.29, 0.717) is 24.9 Å². The van der Waals surface area contributed by atoms with Crippen molar-refractivity contribution in [1.29, 1.82) is 0 Å². The standard InChI is InChI=1S/C21H25FN2O2S2/c1-5-26-12-6-11-24-20(25)18-13(2)14(3)27-19(18)23-21(24)28-15(4)16-7-9-17(22)10-8-16/h7-10,15H,5-6,11-12H2,1-4H3/t15-/m0/s1. The number of thiophene rings is 1. The van der Waals surface area contributed by atoms with E-state index in [1.807, 2.05) is 27.7 Å². The van der Waals surface area contributed by atoms with Gasteiger partial charge in [-0.25, -0.2) is 9.37 Å². The molecule has 3 aromatic rings. The van der Waals surface area contributed by atoms with Crippen LogP contribution < -0.4 is 5.56 Å². The molecule has 2 heterocycles. The van der Waals surface area contributed by atoms with Crippen molar-refractivity contribution in [2.45, 2.75) is 51.1 Å². The van der Waals surface area contributed by atoms with Gasteiger partial charge in [-0.05, 0) is 57.4 Å². The van der Waals surface area contributed by atoms with E-state index in [0.717, 1.165) is 32.6 Å². The van der Waals surface area contributed by atoms with Crippen LogP contribution >= 0.6 is 23.1 Å². The minimum absolute atomic E-state index is 0.0113. The van der Waals surface area contributed by atoms with Crippen LogP contribution in [0, 0.1) is 19.7 Å². The first kappa shape index (κ1) is 21.0. The average Bonchev–Trinajstić information content (AvgIpc) is 2.95. The molecule has 1 atom stereocenters. The van der Waals surface area contributed by atoms with Gasteiger partial charge in [-0.3, -0.25) is 9.36 Å². The number of fused-ring (bicyclic) bond motifs is 1. The summed E-state index contributed by atoms with van der Waals surface area (Å²) in [5, 5.41) is 1.47. The minimum atomic E-state index is -0.252. The minimum Gasteiger partial charge on any atom is -0.382 e. The highest BCUT2D eigenvalue weighted by molar-refractivity contribution is 7.99. The van der Waals surface area contributed by atoms with Gasteiger partial charge in [-0.2, -0.15) is 0 Å². The lowest BCUT2D eigenvalue weighted by Gasteiger charge is -2.16. The zero-order chi connectivity index (χ0) is 20.3. The zero-order valence-electron chi connectivity index (χ0n) is 16.6. The fourth-order valence-electron chi connectivity index (χ4n) is 3.02. The normalized spacial score (nSPS) is 12.6. The maximum absolute atomic E-state index is 13.2. The number of thioether (sulfide) groups is 1. The van der Waals surface area contributed by atoms with Crippen molar-refractivity contribution in [2.75, 3.05) is 13.2 Å². The molecule has 0 spiro atoms. The molecule has 0 aliphatic carbocycles. The van der Waals surface area contributed by atoms with Crippen LogP contribution in [0.5, 0.6) is 0 Å². The zero-order valence-corrected chi connectivity index (χ0v) is 18.3. The Morgan fingerprint density at radius 3 is 2.68 bits per heavy atom.